The highest BCUT2D eigenvalue weighted by Gasteiger charge is 2.15. The van der Waals surface area contributed by atoms with Gasteiger partial charge in [0.2, 0.25) is 0 Å². The Morgan fingerprint density at radius 1 is 1.52 bits per heavy atom. The summed E-state index contributed by atoms with van der Waals surface area (Å²) in [4.78, 5) is 12.9. The summed E-state index contributed by atoms with van der Waals surface area (Å²) in [5.41, 5.74) is 3.63. The normalized spacial score (nSPS) is 12.6. The van der Waals surface area contributed by atoms with E-state index in [1.165, 1.54) is 0 Å². The first kappa shape index (κ1) is 17.5. The van der Waals surface area contributed by atoms with Crippen molar-refractivity contribution in [2.75, 3.05) is 6.54 Å². The van der Waals surface area contributed by atoms with E-state index < -0.39 is 0 Å². The number of nitrogens with two attached hydrogens (primary N) is 1. The van der Waals surface area contributed by atoms with E-state index in [-0.39, 0.29) is 5.56 Å². The fraction of sp³-hybridized carbons (Fsp3) is 0.375. The van der Waals surface area contributed by atoms with E-state index in [9.17, 15) is 4.79 Å². The van der Waals surface area contributed by atoms with Crippen molar-refractivity contribution in [3.8, 4) is 0 Å². The van der Waals surface area contributed by atoms with Crippen LogP contribution in [-0.2, 0) is 6.42 Å². The van der Waals surface area contributed by atoms with Crippen molar-refractivity contribution >= 4 is 22.8 Å². The van der Waals surface area contributed by atoms with Crippen LogP contribution in [0.25, 0.3) is 11.2 Å². The summed E-state index contributed by atoms with van der Waals surface area (Å²) >= 11 is 6.14. The van der Waals surface area contributed by atoms with Gasteiger partial charge in [-0.3, -0.25) is 20.6 Å². The first-order valence-corrected chi connectivity index (χ1v) is 8.07. The standard InChI is InChI=1S/C16H22ClN5O/c1-3-5-7-12(4-2)22-14(8-6-10-19-18)20-21-11-9-13(17)15(21)16(22)23/h4-5,7,9,11,19H,3,6,8,10,18H2,1-2H3/b7-5-,12-4+. The molecule has 0 fully saturated rings. The fourth-order valence-electron chi connectivity index (χ4n) is 2.39. The fourth-order valence-corrected chi connectivity index (χ4v) is 2.61. The smallest absolute Gasteiger partial charge is 0.271 e. The van der Waals surface area contributed by atoms with E-state index in [4.69, 9.17) is 17.4 Å². The van der Waals surface area contributed by atoms with Crippen molar-refractivity contribution in [1.29, 1.82) is 0 Å². The van der Waals surface area contributed by atoms with Crippen LogP contribution < -0.4 is 16.8 Å². The van der Waals surface area contributed by atoms with Crippen molar-refractivity contribution in [2.45, 2.75) is 33.1 Å². The predicted molar refractivity (Wildman–Crippen MR) is 94.4 cm³/mol. The molecule has 2 heterocycles. The van der Waals surface area contributed by atoms with Gasteiger partial charge in [-0.25, -0.2) is 4.52 Å². The molecule has 0 unspecified atom stereocenters. The molecule has 23 heavy (non-hydrogen) atoms. The number of hydrogen-bond acceptors (Lipinski definition) is 4. The Labute approximate surface area is 140 Å². The third-order valence-electron chi connectivity index (χ3n) is 3.50. The molecule has 0 amide bonds. The molecule has 0 aliphatic heterocycles. The topological polar surface area (TPSA) is 77.3 Å². The summed E-state index contributed by atoms with van der Waals surface area (Å²) in [6, 6.07) is 1.68. The van der Waals surface area contributed by atoms with Crippen LogP contribution in [0, 0.1) is 0 Å². The van der Waals surface area contributed by atoms with Crippen molar-refractivity contribution in [2.24, 2.45) is 5.84 Å². The lowest BCUT2D eigenvalue weighted by atomic mass is 10.2. The molecule has 0 spiro atoms. The average Bonchev–Trinajstić information content (AvgIpc) is 2.91. The van der Waals surface area contributed by atoms with E-state index in [0.29, 0.717) is 29.3 Å². The second kappa shape index (κ2) is 8.10. The Balaban J connectivity index is 2.63. The van der Waals surface area contributed by atoms with E-state index in [1.807, 2.05) is 32.1 Å². The maximum absolute atomic E-state index is 12.9. The van der Waals surface area contributed by atoms with Gasteiger partial charge in [-0.05, 0) is 31.9 Å². The highest BCUT2D eigenvalue weighted by molar-refractivity contribution is 6.33. The predicted octanol–water partition coefficient (Wildman–Crippen LogP) is 2.37. The summed E-state index contributed by atoms with van der Waals surface area (Å²) < 4.78 is 3.17. The van der Waals surface area contributed by atoms with Crippen LogP contribution in [-0.4, -0.2) is 20.7 Å². The van der Waals surface area contributed by atoms with Gasteiger partial charge in [0.05, 0.1) is 5.02 Å². The maximum Gasteiger partial charge on any atom is 0.284 e. The highest BCUT2D eigenvalue weighted by atomic mass is 35.5. The number of hydrazine groups is 1. The molecule has 0 radical (unpaired) electrons. The van der Waals surface area contributed by atoms with Crippen molar-refractivity contribution in [1.82, 2.24) is 19.6 Å². The van der Waals surface area contributed by atoms with Gasteiger partial charge in [-0.2, -0.15) is 5.10 Å². The molecule has 2 aromatic heterocycles. The lowest BCUT2D eigenvalue weighted by Gasteiger charge is -2.14. The minimum absolute atomic E-state index is 0.167. The number of hydrogen-bond donors (Lipinski definition) is 2. The lowest BCUT2D eigenvalue weighted by molar-refractivity contribution is 0.638. The average molecular weight is 336 g/mol. The van der Waals surface area contributed by atoms with Gasteiger partial charge in [0, 0.05) is 24.9 Å². The number of nitrogens with one attached hydrogen (secondary N) is 1. The van der Waals surface area contributed by atoms with Crippen LogP contribution in [0.15, 0.2) is 35.3 Å². The molecular formula is C16H22ClN5O. The first-order valence-electron chi connectivity index (χ1n) is 7.69. The van der Waals surface area contributed by atoms with Crippen LogP contribution in [0.1, 0.15) is 32.5 Å². The summed E-state index contributed by atoms with van der Waals surface area (Å²) in [6.45, 7) is 4.60. The number of halogens is 1. The quantitative estimate of drug-likeness (QED) is 0.352. The number of rotatable bonds is 7. The zero-order chi connectivity index (χ0) is 16.8. The molecule has 0 bridgehead atoms. The van der Waals surface area contributed by atoms with Gasteiger partial charge >= 0.3 is 0 Å². The first-order chi connectivity index (χ1) is 11.1. The Morgan fingerprint density at radius 2 is 2.30 bits per heavy atom. The molecule has 0 aromatic carbocycles. The van der Waals surface area contributed by atoms with Crippen LogP contribution in [0.3, 0.4) is 0 Å². The SMILES string of the molecule is C/C=C(\C=C/CC)n1c(CCCNN)nn2ccc(Cl)c2c1=O. The summed E-state index contributed by atoms with van der Waals surface area (Å²) in [7, 11) is 0. The number of aryl methyl sites for hydroxylation is 1. The molecular weight excluding hydrogens is 314 g/mol. The minimum Gasteiger partial charge on any atom is -0.271 e. The van der Waals surface area contributed by atoms with Gasteiger partial charge in [-0.1, -0.05) is 30.7 Å². The Kier molecular flexibility index (Phi) is 6.15. The van der Waals surface area contributed by atoms with Gasteiger partial charge in [-0.15, -0.1) is 0 Å². The molecule has 2 aromatic rings. The molecule has 0 saturated carbocycles. The minimum atomic E-state index is -0.167. The molecule has 3 N–H and O–H groups in total. The van der Waals surface area contributed by atoms with Gasteiger partial charge < -0.3 is 0 Å². The lowest BCUT2D eigenvalue weighted by Crippen LogP contribution is -2.28. The summed E-state index contributed by atoms with van der Waals surface area (Å²) in [6.07, 6.45) is 9.83. The largest absolute Gasteiger partial charge is 0.284 e. The van der Waals surface area contributed by atoms with Gasteiger partial charge in [0.25, 0.3) is 5.56 Å². The second-order valence-electron chi connectivity index (χ2n) is 5.10. The highest BCUT2D eigenvalue weighted by Crippen LogP contribution is 2.17. The Bertz CT molecular complexity index is 788. The number of nitrogens with zero attached hydrogens (tertiary/aromatic N) is 3. The third kappa shape index (κ3) is 3.72. The molecule has 2 rings (SSSR count). The van der Waals surface area contributed by atoms with Gasteiger partial charge in [0.15, 0.2) is 0 Å². The number of allylic oxidation sites excluding steroid dienone is 4. The Morgan fingerprint density at radius 3 is 2.96 bits per heavy atom. The monoisotopic (exact) mass is 335 g/mol. The second-order valence-corrected chi connectivity index (χ2v) is 5.50. The third-order valence-corrected chi connectivity index (χ3v) is 3.81. The number of aromatic nitrogens is 3. The molecule has 0 aliphatic rings. The van der Waals surface area contributed by atoms with Crippen LogP contribution in [0.2, 0.25) is 5.02 Å². The number of fused-ring (bicyclic) bond motifs is 1. The van der Waals surface area contributed by atoms with E-state index in [1.54, 1.807) is 21.3 Å². The van der Waals surface area contributed by atoms with Crippen molar-refractivity contribution in [3.63, 3.8) is 0 Å². The van der Waals surface area contributed by atoms with Crippen LogP contribution >= 0.6 is 11.6 Å². The van der Waals surface area contributed by atoms with Crippen LogP contribution in [0.5, 0.6) is 0 Å². The molecule has 0 aliphatic carbocycles. The zero-order valence-corrected chi connectivity index (χ0v) is 14.2. The molecule has 0 atom stereocenters. The summed E-state index contributed by atoms with van der Waals surface area (Å²) in [5, 5.41) is 4.96. The summed E-state index contributed by atoms with van der Waals surface area (Å²) in [5.74, 6) is 6.00. The van der Waals surface area contributed by atoms with Crippen molar-refractivity contribution < 1.29 is 0 Å². The van der Waals surface area contributed by atoms with E-state index >= 15 is 0 Å². The molecule has 124 valence electrons. The molecule has 0 saturated heterocycles. The zero-order valence-electron chi connectivity index (χ0n) is 13.4. The Hall–Kier alpha value is -1.89. The van der Waals surface area contributed by atoms with Gasteiger partial charge in [0.1, 0.15) is 11.3 Å². The maximum atomic E-state index is 12.9. The van der Waals surface area contributed by atoms with Crippen molar-refractivity contribution in [3.05, 3.63) is 51.7 Å². The molecule has 7 heteroatoms. The van der Waals surface area contributed by atoms with E-state index in [0.717, 1.165) is 18.5 Å². The molecule has 6 nitrogen and oxygen atoms in total. The van der Waals surface area contributed by atoms with E-state index in [2.05, 4.69) is 10.5 Å². The van der Waals surface area contributed by atoms with Crippen LogP contribution in [0.4, 0.5) is 0 Å².